The van der Waals surface area contributed by atoms with E-state index in [1.807, 2.05) is 42.2 Å². The fourth-order valence-corrected chi connectivity index (χ4v) is 4.23. The standard InChI is InChI=1S/C23H28N4O2/c1-2-6-22(28)25-19-8-5-13-26(16-19)21-11-10-18(15-24-21)23(29)27-14-12-17-7-3-4-9-20(17)27/h3-4,7,9-11,15,19H,2,5-6,8,12-14,16H2,1H3,(H,25,28). The summed E-state index contributed by atoms with van der Waals surface area (Å²) in [5.41, 5.74) is 2.83. The zero-order valence-corrected chi connectivity index (χ0v) is 16.9. The summed E-state index contributed by atoms with van der Waals surface area (Å²) >= 11 is 0. The summed E-state index contributed by atoms with van der Waals surface area (Å²) in [5.74, 6) is 0.981. The largest absolute Gasteiger partial charge is 0.355 e. The minimum Gasteiger partial charge on any atom is -0.355 e. The summed E-state index contributed by atoms with van der Waals surface area (Å²) < 4.78 is 0. The van der Waals surface area contributed by atoms with Crippen molar-refractivity contribution in [2.45, 2.75) is 45.1 Å². The maximum absolute atomic E-state index is 13.0. The molecule has 3 heterocycles. The topological polar surface area (TPSA) is 65.5 Å². The number of anilines is 2. The number of fused-ring (bicyclic) bond motifs is 1. The number of nitrogens with one attached hydrogen (secondary N) is 1. The van der Waals surface area contributed by atoms with Crippen LogP contribution in [0.3, 0.4) is 0 Å². The van der Waals surface area contributed by atoms with Gasteiger partial charge < -0.3 is 15.1 Å². The van der Waals surface area contributed by atoms with Crippen molar-refractivity contribution >= 4 is 23.3 Å². The fraction of sp³-hybridized carbons (Fsp3) is 0.435. The van der Waals surface area contributed by atoms with Crippen LogP contribution >= 0.6 is 0 Å². The molecule has 29 heavy (non-hydrogen) atoms. The van der Waals surface area contributed by atoms with E-state index in [9.17, 15) is 9.59 Å². The van der Waals surface area contributed by atoms with Gasteiger partial charge in [-0.15, -0.1) is 0 Å². The van der Waals surface area contributed by atoms with Crippen LogP contribution in [0, 0.1) is 0 Å². The number of pyridine rings is 1. The van der Waals surface area contributed by atoms with E-state index in [0.29, 0.717) is 18.5 Å². The van der Waals surface area contributed by atoms with Gasteiger partial charge in [0.05, 0.1) is 5.56 Å². The third-order valence-corrected chi connectivity index (χ3v) is 5.71. The zero-order chi connectivity index (χ0) is 20.2. The van der Waals surface area contributed by atoms with Crippen LogP contribution in [0.5, 0.6) is 0 Å². The molecule has 1 unspecified atom stereocenters. The number of carbonyl (C=O) groups is 2. The van der Waals surface area contributed by atoms with E-state index >= 15 is 0 Å². The molecule has 1 saturated heterocycles. The van der Waals surface area contributed by atoms with Gasteiger partial charge in [0.1, 0.15) is 5.82 Å². The Bertz CT molecular complexity index is 881. The van der Waals surface area contributed by atoms with E-state index in [0.717, 1.165) is 50.3 Å². The van der Waals surface area contributed by atoms with Crippen molar-refractivity contribution in [2.24, 2.45) is 0 Å². The number of piperidine rings is 1. The number of para-hydroxylation sites is 1. The van der Waals surface area contributed by atoms with E-state index in [1.54, 1.807) is 6.20 Å². The molecule has 1 aromatic heterocycles. The molecule has 1 fully saturated rings. The molecule has 2 aliphatic heterocycles. The summed E-state index contributed by atoms with van der Waals surface area (Å²) in [6, 6.07) is 12.0. The van der Waals surface area contributed by atoms with Gasteiger partial charge in [-0.3, -0.25) is 9.59 Å². The minimum absolute atomic E-state index is 0.00245. The van der Waals surface area contributed by atoms with Crippen LogP contribution in [0.1, 0.15) is 48.5 Å². The second-order valence-electron chi connectivity index (χ2n) is 7.84. The molecule has 2 aliphatic rings. The summed E-state index contributed by atoms with van der Waals surface area (Å²) in [4.78, 5) is 33.5. The molecular weight excluding hydrogens is 364 g/mol. The molecule has 0 radical (unpaired) electrons. The van der Waals surface area contributed by atoms with Gasteiger partial charge in [0, 0.05) is 44.0 Å². The Morgan fingerprint density at radius 3 is 2.83 bits per heavy atom. The Kier molecular flexibility index (Phi) is 5.79. The molecule has 6 nitrogen and oxygen atoms in total. The van der Waals surface area contributed by atoms with Gasteiger partial charge in [-0.2, -0.15) is 0 Å². The van der Waals surface area contributed by atoms with Gasteiger partial charge in [-0.1, -0.05) is 25.1 Å². The first kappa shape index (κ1) is 19.4. The van der Waals surface area contributed by atoms with Crippen LogP contribution < -0.4 is 15.1 Å². The monoisotopic (exact) mass is 392 g/mol. The van der Waals surface area contributed by atoms with Crippen LogP contribution in [0.2, 0.25) is 0 Å². The van der Waals surface area contributed by atoms with E-state index in [-0.39, 0.29) is 17.9 Å². The second kappa shape index (κ2) is 8.64. The number of amides is 2. The lowest BCUT2D eigenvalue weighted by atomic mass is 10.1. The lowest BCUT2D eigenvalue weighted by molar-refractivity contribution is -0.121. The van der Waals surface area contributed by atoms with Gasteiger partial charge >= 0.3 is 0 Å². The summed E-state index contributed by atoms with van der Waals surface area (Å²) in [7, 11) is 0. The average molecular weight is 393 g/mol. The van der Waals surface area contributed by atoms with Crippen molar-refractivity contribution < 1.29 is 9.59 Å². The molecule has 1 aromatic carbocycles. The van der Waals surface area contributed by atoms with Gasteiger partial charge in [-0.05, 0) is 49.4 Å². The number of rotatable bonds is 5. The van der Waals surface area contributed by atoms with Crippen LogP contribution in [0.4, 0.5) is 11.5 Å². The molecule has 1 N–H and O–H groups in total. The Balaban J connectivity index is 1.41. The molecule has 0 saturated carbocycles. The Labute approximate surface area is 171 Å². The van der Waals surface area contributed by atoms with E-state index in [1.165, 1.54) is 5.56 Å². The minimum atomic E-state index is -0.00245. The first-order valence-electron chi connectivity index (χ1n) is 10.6. The molecule has 2 aromatic rings. The maximum atomic E-state index is 13.0. The molecular formula is C23H28N4O2. The highest BCUT2D eigenvalue weighted by Crippen LogP contribution is 2.29. The number of hydrogen-bond acceptors (Lipinski definition) is 4. The average Bonchev–Trinajstić information content (AvgIpc) is 3.18. The molecule has 4 rings (SSSR count). The van der Waals surface area contributed by atoms with Crippen molar-refractivity contribution in [2.75, 3.05) is 29.4 Å². The number of aromatic nitrogens is 1. The fourth-order valence-electron chi connectivity index (χ4n) is 4.23. The van der Waals surface area contributed by atoms with Gasteiger partial charge in [0.2, 0.25) is 5.91 Å². The normalized spacial score (nSPS) is 18.4. The lowest BCUT2D eigenvalue weighted by Gasteiger charge is -2.34. The SMILES string of the molecule is CCCC(=O)NC1CCCN(c2ccc(C(=O)N3CCc4ccccc43)cn2)C1. The molecule has 0 spiro atoms. The highest BCUT2D eigenvalue weighted by molar-refractivity contribution is 6.07. The first-order chi connectivity index (χ1) is 14.2. The van der Waals surface area contributed by atoms with Crippen molar-refractivity contribution in [1.29, 1.82) is 0 Å². The Hall–Kier alpha value is -2.89. The Morgan fingerprint density at radius 1 is 1.17 bits per heavy atom. The van der Waals surface area contributed by atoms with Gasteiger partial charge in [0.15, 0.2) is 0 Å². The summed E-state index contributed by atoms with van der Waals surface area (Å²) in [6.07, 6.45) is 6.02. The Morgan fingerprint density at radius 2 is 2.03 bits per heavy atom. The van der Waals surface area contributed by atoms with Crippen LogP contribution in [-0.2, 0) is 11.2 Å². The number of nitrogens with zero attached hydrogens (tertiary/aromatic N) is 3. The quantitative estimate of drug-likeness (QED) is 0.849. The molecule has 0 bridgehead atoms. The zero-order valence-electron chi connectivity index (χ0n) is 16.9. The van der Waals surface area contributed by atoms with Gasteiger partial charge in [0.25, 0.3) is 5.91 Å². The smallest absolute Gasteiger partial charge is 0.259 e. The van der Waals surface area contributed by atoms with Crippen molar-refractivity contribution in [3.8, 4) is 0 Å². The highest BCUT2D eigenvalue weighted by atomic mass is 16.2. The second-order valence-corrected chi connectivity index (χ2v) is 7.84. The number of hydrogen-bond donors (Lipinski definition) is 1. The van der Waals surface area contributed by atoms with Gasteiger partial charge in [-0.25, -0.2) is 4.98 Å². The molecule has 6 heteroatoms. The highest BCUT2D eigenvalue weighted by Gasteiger charge is 2.26. The van der Waals surface area contributed by atoms with Crippen molar-refractivity contribution in [3.05, 3.63) is 53.7 Å². The van der Waals surface area contributed by atoms with E-state index in [4.69, 9.17) is 0 Å². The predicted octanol–water partition coefficient (Wildman–Crippen LogP) is 3.17. The lowest BCUT2D eigenvalue weighted by Crippen LogP contribution is -2.48. The van der Waals surface area contributed by atoms with Crippen LogP contribution in [0.15, 0.2) is 42.6 Å². The summed E-state index contributed by atoms with van der Waals surface area (Å²) in [6.45, 7) is 4.40. The molecule has 0 aliphatic carbocycles. The third-order valence-electron chi connectivity index (χ3n) is 5.71. The number of benzene rings is 1. The van der Waals surface area contributed by atoms with Crippen LogP contribution in [-0.4, -0.2) is 42.5 Å². The van der Waals surface area contributed by atoms with Crippen LogP contribution in [0.25, 0.3) is 0 Å². The van der Waals surface area contributed by atoms with E-state index < -0.39 is 0 Å². The van der Waals surface area contributed by atoms with Crippen molar-refractivity contribution in [3.63, 3.8) is 0 Å². The molecule has 2 amide bonds. The number of carbonyl (C=O) groups excluding carboxylic acids is 2. The third kappa shape index (κ3) is 4.26. The van der Waals surface area contributed by atoms with E-state index in [2.05, 4.69) is 21.3 Å². The maximum Gasteiger partial charge on any atom is 0.259 e. The first-order valence-corrected chi connectivity index (χ1v) is 10.6. The summed E-state index contributed by atoms with van der Waals surface area (Å²) in [5, 5.41) is 3.13. The van der Waals surface area contributed by atoms with Crippen molar-refractivity contribution in [1.82, 2.24) is 10.3 Å². The molecule has 1 atom stereocenters. The molecule has 152 valence electrons. The predicted molar refractivity (Wildman–Crippen MR) is 114 cm³/mol.